The molecule has 0 aromatic heterocycles. The van der Waals surface area contributed by atoms with Crippen LogP contribution in [-0.4, -0.2) is 36.1 Å². The summed E-state index contributed by atoms with van der Waals surface area (Å²) in [6.07, 6.45) is -0.258. The van der Waals surface area contributed by atoms with Crippen molar-refractivity contribution < 1.29 is 23.9 Å². The van der Waals surface area contributed by atoms with E-state index in [1.807, 2.05) is 0 Å². The molecule has 19 heavy (non-hydrogen) atoms. The number of hydrogen-bond acceptors (Lipinski definition) is 5. The van der Waals surface area contributed by atoms with Crippen LogP contribution >= 0.6 is 0 Å². The van der Waals surface area contributed by atoms with Gasteiger partial charge in [-0.05, 0) is 34.1 Å². The van der Waals surface area contributed by atoms with Crippen LogP contribution in [0.1, 0.15) is 40.5 Å². The summed E-state index contributed by atoms with van der Waals surface area (Å²) in [6, 6.07) is -0.663. The number of esters is 1. The van der Waals surface area contributed by atoms with Gasteiger partial charge in [-0.25, -0.2) is 4.79 Å². The SMILES string of the molecule is CCOC(=O)[C@@H]1CC(=O)[C@@H](NC(=O)OC(C)(C)C)C1. The van der Waals surface area contributed by atoms with Gasteiger partial charge < -0.3 is 14.8 Å². The lowest BCUT2D eigenvalue weighted by molar-refractivity contribution is -0.148. The number of carbonyl (C=O) groups excluding carboxylic acids is 3. The van der Waals surface area contributed by atoms with Gasteiger partial charge in [-0.15, -0.1) is 0 Å². The Balaban J connectivity index is 2.50. The van der Waals surface area contributed by atoms with Crippen molar-refractivity contribution in [2.75, 3.05) is 6.61 Å². The molecule has 1 N–H and O–H groups in total. The van der Waals surface area contributed by atoms with Crippen LogP contribution in [0.5, 0.6) is 0 Å². The minimum absolute atomic E-state index is 0.110. The molecule has 1 aliphatic rings. The molecular formula is C13H21NO5. The normalized spacial score (nSPS) is 23.1. The van der Waals surface area contributed by atoms with Gasteiger partial charge >= 0.3 is 12.1 Å². The number of Topliss-reactive ketones (excluding diaryl/α,β-unsaturated/α-hetero) is 1. The second-order valence-corrected chi connectivity index (χ2v) is 5.55. The molecule has 108 valence electrons. The lowest BCUT2D eigenvalue weighted by Crippen LogP contribution is -2.41. The topological polar surface area (TPSA) is 81.7 Å². The van der Waals surface area contributed by atoms with Crippen LogP contribution in [0.25, 0.3) is 0 Å². The Hall–Kier alpha value is -1.59. The predicted molar refractivity (Wildman–Crippen MR) is 67.5 cm³/mol. The maximum Gasteiger partial charge on any atom is 0.408 e. The Kier molecular flexibility index (Phi) is 4.91. The zero-order valence-corrected chi connectivity index (χ0v) is 11.8. The molecule has 0 spiro atoms. The van der Waals surface area contributed by atoms with Crippen molar-refractivity contribution in [3.05, 3.63) is 0 Å². The Morgan fingerprint density at radius 2 is 2.00 bits per heavy atom. The quantitative estimate of drug-likeness (QED) is 0.785. The van der Waals surface area contributed by atoms with Crippen LogP contribution in [0.15, 0.2) is 0 Å². The fourth-order valence-corrected chi connectivity index (χ4v) is 1.91. The first-order valence-electron chi connectivity index (χ1n) is 6.41. The molecule has 0 radical (unpaired) electrons. The summed E-state index contributed by atoms with van der Waals surface area (Å²) < 4.78 is 9.95. The molecule has 1 saturated carbocycles. The molecular weight excluding hydrogens is 250 g/mol. The maximum absolute atomic E-state index is 11.7. The van der Waals surface area contributed by atoms with Crippen molar-refractivity contribution in [2.45, 2.75) is 52.2 Å². The van der Waals surface area contributed by atoms with E-state index in [2.05, 4.69) is 5.32 Å². The Labute approximate surface area is 112 Å². The van der Waals surface area contributed by atoms with Crippen molar-refractivity contribution in [2.24, 2.45) is 5.92 Å². The Bertz CT molecular complexity index is 372. The second-order valence-electron chi connectivity index (χ2n) is 5.55. The van der Waals surface area contributed by atoms with E-state index < -0.39 is 23.7 Å². The third-order valence-corrected chi connectivity index (χ3v) is 2.67. The van der Waals surface area contributed by atoms with E-state index in [4.69, 9.17) is 9.47 Å². The molecule has 0 heterocycles. The lowest BCUT2D eigenvalue weighted by Gasteiger charge is -2.21. The van der Waals surface area contributed by atoms with Crippen molar-refractivity contribution in [3.63, 3.8) is 0 Å². The van der Waals surface area contributed by atoms with Crippen LogP contribution in [0.3, 0.4) is 0 Å². The van der Waals surface area contributed by atoms with Gasteiger partial charge in [0.15, 0.2) is 5.78 Å². The number of amides is 1. The first kappa shape index (κ1) is 15.5. The second kappa shape index (κ2) is 6.04. The number of rotatable bonds is 3. The van der Waals surface area contributed by atoms with Gasteiger partial charge in [-0.2, -0.15) is 0 Å². The molecule has 6 heteroatoms. The molecule has 1 fully saturated rings. The van der Waals surface area contributed by atoms with Crippen molar-refractivity contribution in [1.29, 1.82) is 0 Å². The fourth-order valence-electron chi connectivity index (χ4n) is 1.91. The van der Waals surface area contributed by atoms with E-state index in [1.165, 1.54) is 0 Å². The van der Waals surface area contributed by atoms with Crippen molar-refractivity contribution in [1.82, 2.24) is 5.32 Å². The number of alkyl carbamates (subject to hydrolysis) is 1. The molecule has 1 aliphatic carbocycles. The molecule has 0 unspecified atom stereocenters. The molecule has 0 saturated heterocycles. The van der Waals surface area contributed by atoms with Gasteiger partial charge in [0, 0.05) is 6.42 Å². The lowest BCUT2D eigenvalue weighted by atomic mass is 10.1. The monoisotopic (exact) mass is 271 g/mol. The summed E-state index contributed by atoms with van der Waals surface area (Å²) in [7, 11) is 0. The predicted octanol–water partition coefficient (Wildman–Crippen LogP) is 1.42. The van der Waals surface area contributed by atoms with Gasteiger partial charge in [0.1, 0.15) is 5.60 Å². The van der Waals surface area contributed by atoms with E-state index >= 15 is 0 Å². The molecule has 6 nitrogen and oxygen atoms in total. The average molecular weight is 271 g/mol. The summed E-state index contributed by atoms with van der Waals surface area (Å²) in [5.41, 5.74) is -0.619. The molecule has 2 atom stereocenters. The molecule has 0 aliphatic heterocycles. The number of hydrogen-bond donors (Lipinski definition) is 1. The number of ketones is 1. The Morgan fingerprint density at radius 1 is 1.37 bits per heavy atom. The maximum atomic E-state index is 11.7. The summed E-state index contributed by atoms with van der Waals surface area (Å²) in [6.45, 7) is 7.22. The van der Waals surface area contributed by atoms with E-state index in [1.54, 1.807) is 27.7 Å². The van der Waals surface area contributed by atoms with Crippen LogP contribution in [0, 0.1) is 5.92 Å². The van der Waals surface area contributed by atoms with E-state index in [0.29, 0.717) is 0 Å². The van der Waals surface area contributed by atoms with Crippen LogP contribution in [-0.2, 0) is 19.1 Å². The van der Waals surface area contributed by atoms with Crippen LogP contribution in [0.4, 0.5) is 4.79 Å². The van der Waals surface area contributed by atoms with Crippen molar-refractivity contribution in [3.8, 4) is 0 Å². The molecule has 1 amide bonds. The highest BCUT2D eigenvalue weighted by Gasteiger charge is 2.38. The van der Waals surface area contributed by atoms with Gasteiger partial charge in [0.05, 0.1) is 18.6 Å². The Morgan fingerprint density at radius 3 is 2.53 bits per heavy atom. The molecule has 0 aromatic carbocycles. The van der Waals surface area contributed by atoms with Crippen LogP contribution < -0.4 is 5.32 Å². The smallest absolute Gasteiger partial charge is 0.408 e. The standard InChI is InChI=1S/C13H21NO5/c1-5-18-11(16)8-6-9(10(15)7-8)14-12(17)19-13(2,3)4/h8-9H,5-7H2,1-4H3,(H,14,17)/t8-,9-/m0/s1. The molecule has 0 aromatic rings. The number of carbonyl (C=O) groups is 3. The minimum atomic E-state index is -0.663. The fraction of sp³-hybridized carbons (Fsp3) is 0.769. The number of ether oxygens (including phenoxy) is 2. The van der Waals surface area contributed by atoms with Crippen LogP contribution in [0.2, 0.25) is 0 Å². The number of nitrogens with one attached hydrogen (secondary N) is 1. The van der Waals surface area contributed by atoms with Gasteiger partial charge in [-0.1, -0.05) is 0 Å². The summed E-state index contributed by atoms with van der Waals surface area (Å²) in [4.78, 5) is 34.8. The molecule has 0 bridgehead atoms. The van der Waals surface area contributed by atoms with Gasteiger partial charge in [0.2, 0.25) is 0 Å². The third-order valence-electron chi connectivity index (χ3n) is 2.67. The summed E-state index contributed by atoms with van der Waals surface area (Å²) in [5.74, 6) is -1.01. The van der Waals surface area contributed by atoms with Crippen molar-refractivity contribution >= 4 is 17.8 Å². The minimum Gasteiger partial charge on any atom is -0.466 e. The summed E-state index contributed by atoms with van der Waals surface area (Å²) in [5, 5.41) is 2.49. The summed E-state index contributed by atoms with van der Waals surface area (Å²) >= 11 is 0. The highest BCUT2D eigenvalue weighted by Crippen LogP contribution is 2.24. The zero-order chi connectivity index (χ0) is 14.6. The third kappa shape index (κ3) is 4.89. The first-order valence-corrected chi connectivity index (χ1v) is 6.41. The van der Waals surface area contributed by atoms with E-state index in [-0.39, 0.29) is 31.2 Å². The largest absolute Gasteiger partial charge is 0.466 e. The van der Waals surface area contributed by atoms with E-state index in [0.717, 1.165) is 0 Å². The zero-order valence-electron chi connectivity index (χ0n) is 11.8. The van der Waals surface area contributed by atoms with Gasteiger partial charge in [0.25, 0.3) is 0 Å². The highest BCUT2D eigenvalue weighted by molar-refractivity contribution is 5.94. The average Bonchev–Trinajstić information content (AvgIpc) is 2.58. The van der Waals surface area contributed by atoms with E-state index in [9.17, 15) is 14.4 Å². The van der Waals surface area contributed by atoms with Gasteiger partial charge in [-0.3, -0.25) is 9.59 Å². The first-order chi connectivity index (χ1) is 8.73. The molecule has 1 rings (SSSR count). The highest BCUT2D eigenvalue weighted by atomic mass is 16.6.